The van der Waals surface area contributed by atoms with Crippen LogP contribution >= 0.6 is 0 Å². The van der Waals surface area contributed by atoms with Crippen LogP contribution in [0.25, 0.3) is 5.78 Å². The Balaban J connectivity index is 1.98. The minimum Gasteiger partial charge on any atom is -0.295 e. The van der Waals surface area contributed by atoms with Gasteiger partial charge in [-0.05, 0) is 19.8 Å². The summed E-state index contributed by atoms with van der Waals surface area (Å²) in [7, 11) is 0. The maximum Gasteiger partial charge on any atom is 0.274 e. The predicted molar refractivity (Wildman–Crippen MR) is 59.7 cm³/mol. The highest BCUT2D eigenvalue weighted by atomic mass is 16.2. The molecule has 0 bridgehead atoms. The highest BCUT2D eigenvalue weighted by Gasteiger charge is 2.30. The average molecular weight is 233 g/mol. The number of H-pyrrole nitrogens is 1. The molecule has 3 rings (SSSR count). The average Bonchev–Trinajstić information content (AvgIpc) is 3.01. The van der Waals surface area contributed by atoms with Crippen molar-refractivity contribution < 1.29 is 4.79 Å². The van der Waals surface area contributed by atoms with Gasteiger partial charge >= 0.3 is 0 Å². The van der Waals surface area contributed by atoms with Crippen molar-refractivity contribution in [2.24, 2.45) is 5.92 Å². The summed E-state index contributed by atoms with van der Waals surface area (Å²) in [5.41, 5.74) is 0.355. The molecule has 0 radical (unpaired) electrons. The summed E-state index contributed by atoms with van der Waals surface area (Å²) in [4.78, 5) is 31.3. The maximum atomic E-state index is 11.6. The van der Waals surface area contributed by atoms with Gasteiger partial charge in [0, 0.05) is 17.7 Å². The second-order valence-electron chi connectivity index (χ2n) is 4.21. The van der Waals surface area contributed by atoms with E-state index in [9.17, 15) is 9.59 Å². The fourth-order valence-corrected chi connectivity index (χ4v) is 1.61. The van der Waals surface area contributed by atoms with Gasteiger partial charge in [-0.25, -0.2) is 4.98 Å². The lowest BCUT2D eigenvalue weighted by molar-refractivity contribution is -0.117. The predicted octanol–water partition coefficient (Wildman–Crippen LogP) is 0.0745. The van der Waals surface area contributed by atoms with E-state index in [1.807, 2.05) is 0 Å². The van der Waals surface area contributed by atoms with Crippen molar-refractivity contribution in [1.29, 1.82) is 0 Å². The zero-order chi connectivity index (χ0) is 12.0. The lowest BCUT2D eigenvalue weighted by Crippen LogP contribution is -2.16. The molecule has 2 heterocycles. The summed E-state index contributed by atoms with van der Waals surface area (Å²) < 4.78 is 1.20. The number of aromatic amines is 1. The van der Waals surface area contributed by atoms with Gasteiger partial charge in [-0.3, -0.25) is 20.0 Å². The van der Waals surface area contributed by atoms with Crippen molar-refractivity contribution in [1.82, 2.24) is 19.6 Å². The molecule has 1 saturated carbocycles. The molecule has 2 N–H and O–H groups in total. The molecule has 2 aromatic heterocycles. The molecule has 0 aliphatic heterocycles. The highest BCUT2D eigenvalue weighted by Crippen LogP contribution is 2.29. The fourth-order valence-electron chi connectivity index (χ4n) is 1.61. The Labute approximate surface area is 95.9 Å². The van der Waals surface area contributed by atoms with E-state index >= 15 is 0 Å². The number of aryl methyl sites for hydroxylation is 1. The molecule has 0 atom stereocenters. The fraction of sp³-hybridized carbons (Fsp3) is 0.400. The first-order chi connectivity index (χ1) is 8.13. The van der Waals surface area contributed by atoms with Crippen LogP contribution in [0.5, 0.6) is 0 Å². The molecule has 7 nitrogen and oxygen atoms in total. The molecule has 0 spiro atoms. The van der Waals surface area contributed by atoms with Gasteiger partial charge in [-0.2, -0.15) is 9.50 Å². The molecule has 1 aliphatic rings. The number of hydrogen-bond donors (Lipinski definition) is 2. The number of fused-ring (bicyclic) bond motifs is 1. The summed E-state index contributed by atoms with van der Waals surface area (Å²) in [6, 6.07) is 1.40. The van der Waals surface area contributed by atoms with Crippen LogP contribution in [-0.2, 0) is 4.79 Å². The molecule has 0 aromatic carbocycles. The first-order valence-electron chi connectivity index (χ1n) is 5.41. The quantitative estimate of drug-likeness (QED) is 0.768. The third-order valence-electron chi connectivity index (χ3n) is 2.65. The van der Waals surface area contributed by atoms with Gasteiger partial charge in [-0.15, -0.1) is 0 Å². The van der Waals surface area contributed by atoms with Gasteiger partial charge in [0.25, 0.3) is 11.3 Å². The number of carbonyl (C=O) groups excluding carboxylic acids is 1. The van der Waals surface area contributed by atoms with E-state index < -0.39 is 0 Å². The first-order valence-corrected chi connectivity index (χ1v) is 5.41. The van der Waals surface area contributed by atoms with Crippen LogP contribution < -0.4 is 10.9 Å². The molecule has 7 heteroatoms. The Morgan fingerprint density at radius 1 is 1.53 bits per heavy atom. The second kappa shape index (κ2) is 3.41. The van der Waals surface area contributed by atoms with Gasteiger partial charge in [0.05, 0.1) is 0 Å². The lowest BCUT2D eigenvalue weighted by atomic mass is 10.4. The zero-order valence-corrected chi connectivity index (χ0v) is 9.23. The normalized spacial score (nSPS) is 15.1. The number of aromatic nitrogens is 4. The van der Waals surface area contributed by atoms with Crippen LogP contribution in [0.1, 0.15) is 18.5 Å². The summed E-state index contributed by atoms with van der Waals surface area (Å²) in [6.45, 7) is 1.72. The topological polar surface area (TPSA) is 92.2 Å². The van der Waals surface area contributed by atoms with Gasteiger partial charge in [-0.1, -0.05) is 0 Å². The second-order valence-corrected chi connectivity index (χ2v) is 4.21. The lowest BCUT2D eigenvalue weighted by Gasteiger charge is -1.96. The van der Waals surface area contributed by atoms with E-state index in [1.54, 1.807) is 6.92 Å². The number of nitrogens with zero attached hydrogens (tertiary/aromatic N) is 3. The van der Waals surface area contributed by atoms with Crippen LogP contribution in [0.15, 0.2) is 10.9 Å². The molecular weight excluding hydrogens is 222 g/mol. The molecular formula is C10H11N5O2. The Bertz CT molecular complexity index is 652. The van der Waals surface area contributed by atoms with Crippen LogP contribution in [-0.4, -0.2) is 25.5 Å². The summed E-state index contributed by atoms with van der Waals surface area (Å²) in [5, 5.41) is 5.34. The Kier molecular flexibility index (Phi) is 2.01. The molecule has 0 unspecified atom stereocenters. The number of amides is 1. The maximum absolute atomic E-state index is 11.6. The molecule has 1 fully saturated rings. The van der Waals surface area contributed by atoms with Crippen molar-refractivity contribution in [2.75, 3.05) is 5.32 Å². The number of anilines is 1. The number of hydrogen-bond acceptors (Lipinski definition) is 4. The Morgan fingerprint density at radius 2 is 2.29 bits per heavy atom. The van der Waals surface area contributed by atoms with Gasteiger partial charge in [0.15, 0.2) is 0 Å². The minimum absolute atomic E-state index is 0.0613. The van der Waals surface area contributed by atoms with E-state index in [2.05, 4.69) is 20.4 Å². The van der Waals surface area contributed by atoms with Crippen molar-refractivity contribution in [3.63, 3.8) is 0 Å². The minimum atomic E-state index is -0.244. The summed E-state index contributed by atoms with van der Waals surface area (Å²) in [6.07, 6.45) is 1.84. The smallest absolute Gasteiger partial charge is 0.274 e. The molecule has 17 heavy (non-hydrogen) atoms. The van der Waals surface area contributed by atoms with Crippen LogP contribution in [0.3, 0.4) is 0 Å². The third-order valence-corrected chi connectivity index (χ3v) is 2.65. The molecule has 1 aliphatic carbocycles. The third kappa shape index (κ3) is 1.79. The monoisotopic (exact) mass is 233 g/mol. The van der Waals surface area contributed by atoms with Crippen LogP contribution in [0.4, 0.5) is 5.95 Å². The van der Waals surface area contributed by atoms with Crippen LogP contribution in [0, 0.1) is 12.8 Å². The van der Waals surface area contributed by atoms with E-state index in [0.29, 0.717) is 5.69 Å². The van der Waals surface area contributed by atoms with Gasteiger partial charge in [0.1, 0.15) is 0 Å². The summed E-state index contributed by atoms with van der Waals surface area (Å²) >= 11 is 0. The Hall–Kier alpha value is -2.18. The molecule has 1 amide bonds. The van der Waals surface area contributed by atoms with Crippen molar-refractivity contribution in [2.45, 2.75) is 19.8 Å². The summed E-state index contributed by atoms with van der Waals surface area (Å²) in [5.74, 6) is 0.557. The number of nitrogens with one attached hydrogen (secondary N) is 2. The largest absolute Gasteiger partial charge is 0.295 e. The Morgan fingerprint density at radius 3 is 3.00 bits per heavy atom. The van der Waals surface area contributed by atoms with Gasteiger partial charge in [0.2, 0.25) is 11.9 Å². The molecule has 0 saturated heterocycles. The van der Waals surface area contributed by atoms with E-state index in [0.717, 1.165) is 12.8 Å². The molecule has 2 aromatic rings. The van der Waals surface area contributed by atoms with E-state index in [-0.39, 0.29) is 29.1 Å². The van der Waals surface area contributed by atoms with Crippen molar-refractivity contribution >= 4 is 17.6 Å². The SMILES string of the molecule is Cc1cc(=O)n2[nH]c(NC(=O)C3CC3)nc2n1. The van der Waals surface area contributed by atoms with Crippen molar-refractivity contribution in [3.05, 3.63) is 22.1 Å². The van der Waals surface area contributed by atoms with Crippen LogP contribution in [0.2, 0.25) is 0 Å². The first kappa shape index (κ1) is 10.0. The standard InChI is InChI=1S/C10H11N5O2/c1-5-4-7(16)15-10(11-5)13-9(14-15)12-8(17)6-2-3-6/h4,6H,2-3H2,1H3,(H2,11,12,13,14,17). The van der Waals surface area contributed by atoms with E-state index in [1.165, 1.54) is 10.6 Å². The van der Waals surface area contributed by atoms with Crippen molar-refractivity contribution in [3.8, 4) is 0 Å². The highest BCUT2D eigenvalue weighted by molar-refractivity contribution is 5.92. The number of carbonyl (C=O) groups is 1. The van der Waals surface area contributed by atoms with E-state index in [4.69, 9.17) is 0 Å². The zero-order valence-electron chi connectivity index (χ0n) is 9.23. The molecule has 88 valence electrons. The van der Waals surface area contributed by atoms with Gasteiger partial charge < -0.3 is 0 Å². The number of rotatable bonds is 2.